The fourth-order valence-corrected chi connectivity index (χ4v) is 10.3. The number of Topliss-reactive ketones (excluding diaryl/α,β-unsaturated/α-hetero) is 1. The minimum atomic E-state index is -2.68. The van der Waals surface area contributed by atoms with Crippen molar-refractivity contribution in [3.8, 4) is 11.6 Å². The van der Waals surface area contributed by atoms with Crippen molar-refractivity contribution in [3.05, 3.63) is 105 Å². The average molecular weight is 1010 g/mol. The lowest BCUT2D eigenvalue weighted by Crippen LogP contribution is -2.57. The number of hydroxylamine groups is 2. The largest absolute Gasteiger partial charge is 0.457 e. The molecule has 4 aromatic rings. The average Bonchev–Trinajstić information content (AvgIpc) is 4.19. The minimum Gasteiger partial charge on any atom is -0.457 e. The number of aromatic nitrogens is 2. The minimum absolute atomic E-state index is 0.0425. The van der Waals surface area contributed by atoms with Crippen LogP contribution in [0.15, 0.2) is 77.3 Å². The van der Waals surface area contributed by atoms with Gasteiger partial charge in [-0.05, 0) is 61.3 Å². The summed E-state index contributed by atoms with van der Waals surface area (Å²) in [4.78, 5) is 121. The van der Waals surface area contributed by atoms with Gasteiger partial charge in [-0.15, -0.1) is 11.3 Å². The Morgan fingerprint density at radius 3 is 2.03 bits per heavy atom. The molecule has 72 heavy (non-hydrogen) atoms. The fourth-order valence-electron chi connectivity index (χ4n) is 9.72. The Bertz CT molecular complexity index is 2850. The Morgan fingerprint density at radius 2 is 1.43 bits per heavy atom. The molecule has 4 saturated heterocycles. The Labute approximate surface area is 416 Å². The molecule has 6 aliphatic heterocycles. The Balaban J connectivity index is 0.910. The number of esters is 3. The second-order valence-electron chi connectivity index (χ2n) is 20.5. The summed E-state index contributed by atoms with van der Waals surface area (Å²) >= 11 is 1.23. The van der Waals surface area contributed by atoms with Crippen LogP contribution in [0.4, 0.5) is 0 Å². The van der Waals surface area contributed by atoms with Crippen LogP contribution >= 0.6 is 11.3 Å². The van der Waals surface area contributed by atoms with E-state index >= 15 is 0 Å². The highest BCUT2D eigenvalue weighted by Gasteiger charge is 2.66. The van der Waals surface area contributed by atoms with E-state index in [4.69, 9.17) is 38.1 Å². The van der Waals surface area contributed by atoms with E-state index < -0.39 is 101 Å². The van der Waals surface area contributed by atoms with Gasteiger partial charge in [0.15, 0.2) is 17.2 Å². The van der Waals surface area contributed by atoms with Crippen LogP contribution in [0.2, 0.25) is 0 Å². The predicted octanol–water partition coefficient (Wildman–Crippen LogP) is 5.66. The normalized spacial score (nSPS) is 26.5. The molecule has 8 heterocycles. The van der Waals surface area contributed by atoms with Crippen LogP contribution in [0.1, 0.15) is 123 Å². The van der Waals surface area contributed by atoms with Crippen molar-refractivity contribution in [1.29, 1.82) is 0 Å². The summed E-state index contributed by atoms with van der Waals surface area (Å²) in [5.74, 6) is -9.68. The molecule has 376 valence electrons. The molecule has 4 fully saturated rings. The van der Waals surface area contributed by atoms with Crippen molar-refractivity contribution in [2.75, 3.05) is 6.61 Å². The molecule has 21 heteroatoms. The maximum Gasteiger partial charge on any atom is 0.375 e. The van der Waals surface area contributed by atoms with Gasteiger partial charge in [-0.1, -0.05) is 65.8 Å². The predicted molar refractivity (Wildman–Crippen MR) is 249 cm³/mol. The maximum atomic E-state index is 14.5. The van der Waals surface area contributed by atoms with Crippen molar-refractivity contribution < 1.29 is 71.7 Å². The first-order chi connectivity index (χ1) is 34.1. The number of carbonyl (C=O) groups excluding carboxylic acids is 7. The maximum absolute atomic E-state index is 14.5. The van der Waals surface area contributed by atoms with Gasteiger partial charge >= 0.3 is 29.4 Å². The van der Waals surface area contributed by atoms with Crippen LogP contribution in [0.3, 0.4) is 0 Å². The Morgan fingerprint density at radius 1 is 0.806 bits per heavy atom. The van der Waals surface area contributed by atoms with Crippen LogP contribution < -0.4 is 9.47 Å². The lowest BCUT2D eigenvalue weighted by molar-refractivity contribution is -0.263. The van der Waals surface area contributed by atoms with E-state index in [1.54, 1.807) is 102 Å². The number of nitrogens with zero attached hydrogens (tertiary/aromatic N) is 5. The fraction of sp³-hybridized carbons (Fsp3) is 0.451. The first kappa shape index (κ1) is 48.5. The summed E-state index contributed by atoms with van der Waals surface area (Å²) in [6.45, 7) is 11.1. The number of fused-ring (bicyclic) bond motifs is 4. The lowest BCUT2D eigenvalue weighted by Gasteiger charge is -2.38. The molecule has 0 radical (unpaired) electrons. The van der Waals surface area contributed by atoms with E-state index in [1.807, 2.05) is 12.1 Å². The van der Waals surface area contributed by atoms with Gasteiger partial charge in [0, 0.05) is 41.8 Å². The smallest absolute Gasteiger partial charge is 0.375 e. The first-order valence-electron chi connectivity index (χ1n) is 23.5. The van der Waals surface area contributed by atoms with Gasteiger partial charge in [-0.3, -0.25) is 28.9 Å². The Kier molecular flexibility index (Phi) is 11.9. The number of rotatable bonds is 12. The van der Waals surface area contributed by atoms with Crippen molar-refractivity contribution in [3.63, 3.8) is 0 Å². The molecule has 2 aromatic carbocycles. The molecule has 3 unspecified atom stereocenters. The van der Waals surface area contributed by atoms with Gasteiger partial charge in [-0.25, -0.2) is 24.4 Å². The van der Waals surface area contributed by atoms with E-state index in [9.17, 15) is 33.6 Å². The molecule has 0 N–H and O–H groups in total. The number of ether oxygens (including phenoxy) is 6. The molecule has 10 rings (SSSR count). The third-order valence-electron chi connectivity index (χ3n) is 12.9. The number of carbonyl (C=O) groups is 7. The number of oxime groups is 1. The van der Waals surface area contributed by atoms with Gasteiger partial charge in [0.2, 0.25) is 5.60 Å². The summed E-state index contributed by atoms with van der Waals surface area (Å²) in [5.41, 5.74) is -5.87. The molecule has 20 nitrogen and oxygen atoms in total. The molecule has 5 atom stereocenters. The van der Waals surface area contributed by atoms with Gasteiger partial charge < -0.3 is 33.3 Å². The monoisotopic (exact) mass is 1010 g/mol. The number of hydrogen-bond donors (Lipinski definition) is 0. The van der Waals surface area contributed by atoms with Crippen molar-refractivity contribution in [2.45, 2.75) is 134 Å². The summed E-state index contributed by atoms with van der Waals surface area (Å²) in [6.07, 6.45) is -0.320. The number of cyclic esters (lactones) is 1. The number of hydrogen-bond acceptors (Lipinski definition) is 19. The number of aryl methyl sites for hydroxylation is 1. The quantitative estimate of drug-likeness (QED) is 0.0547. The number of amides is 3. The van der Waals surface area contributed by atoms with Crippen LogP contribution in [0.25, 0.3) is 0 Å². The second kappa shape index (κ2) is 17.6. The van der Waals surface area contributed by atoms with E-state index in [1.165, 1.54) is 17.4 Å². The highest BCUT2D eigenvalue weighted by molar-refractivity contribution is 7.09. The highest BCUT2D eigenvalue weighted by atomic mass is 32.1. The zero-order chi connectivity index (χ0) is 51.1. The third kappa shape index (κ3) is 8.55. The van der Waals surface area contributed by atoms with Crippen LogP contribution in [-0.4, -0.2) is 114 Å². The third-order valence-corrected chi connectivity index (χ3v) is 13.7. The zero-order valence-electron chi connectivity index (χ0n) is 40.5. The SMILES string of the molecule is Cc1nc(/C(=N/OC2(C(=O)OC(C)(C)C)CC3CCC(C2)O3)C(=O)C[C@H]2CON(C3(C(=O)OC(C)(C)C)C[C@H](N4C(=O)c5cc6c(nc5C4=O)OC(c4ccccc4)(c4ccccc4)O6)C(=O)O3)C2=O)cs1. The highest BCUT2D eigenvalue weighted by Crippen LogP contribution is 2.49. The Hall–Kier alpha value is -7.10. The van der Waals surface area contributed by atoms with Crippen molar-refractivity contribution in [2.24, 2.45) is 11.1 Å². The van der Waals surface area contributed by atoms with E-state index in [2.05, 4.69) is 15.1 Å². The van der Waals surface area contributed by atoms with E-state index in [-0.39, 0.29) is 59.3 Å². The first-order valence-corrected chi connectivity index (χ1v) is 24.4. The van der Waals surface area contributed by atoms with E-state index in [0.717, 1.165) is 0 Å². The molecule has 0 saturated carbocycles. The number of benzene rings is 2. The molecule has 2 aromatic heterocycles. The van der Waals surface area contributed by atoms with Crippen LogP contribution in [0.5, 0.6) is 11.6 Å². The van der Waals surface area contributed by atoms with Crippen LogP contribution in [-0.2, 0) is 58.4 Å². The summed E-state index contributed by atoms with van der Waals surface area (Å²) in [5, 5.41) is 7.01. The van der Waals surface area contributed by atoms with Gasteiger partial charge in [0.1, 0.15) is 28.6 Å². The molecule has 2 bridgehead atoms. The molecule has 3 amide bonds. The number of imide groups is 1. The molecule has 0 aliphatic carbocycles. The molecule has 0 spiro atoms. The van der Waals surface area contributed by atoms with E-state index in [0.29, 0.717) is 38.9 Å². The zero-order valence-corrected chi connectivity index (χ0v) is 41.3. The van der Waals surface area contributed by atoms with Gasteiger partial charge in [-0.2, -0.15) is 5.06 Å². The summed E-state index contributed by atoms with van der Waals surface area (Å²) < 4.78 is 36.2. The summed E-state index contributed by atoms with van der Waals surface area (Å²) in [7, 11) is 0. The molecular formula is C51H51N5O15S. The standard InChI is InChI=1S/C51H51N5O15S/c1-27-52-34(26-72-27)39(54-71-49(45(62)69-47(2,3)4)22-31-18-19-32(23-49)65-31)36(57)20-28-25-64-56(41(28)58)50(46(63)70-48(5,6)7)24-35(44(61)68-50)55-42(59)33-21-37-40(53-38(33)43(55)60)67-51(66-37,29-14-10-8-11-15-29)30-16-12-9-13-17-30/h8-17,21,26,28,31-32,35H,18-20,22-25H2,1-7H3/b54-39-/t28-,31?,32?,35-,49?,50?/m0/s1. The number of thiazole rings is 1. The molecular weight excluding hydrogens is 955 g/mol. The summed E-state index contributed by atoms with van der Waals surface area (Å²) in [6, 6.07) is 17.6. The second-order valence-corrected chi connectivity index (χ2v) is 21.6. The van der Waals surface area contributed by atoms with Gasteiger partial charge in [0.05, 0.1) is 41.7 Å². The van der Waals surface area contributed by atoms with Crippen molar-refractivity contribution >= 4 is 58.5 Å². The van der Waals surface area contributed by atoms with Gasteiger partial charge in [0.25, 0.3) is 23.6 Å². The van der Waals surface area contributed by atoms with Crippen LogP contribution in [0, 0.1) is 12.8 Å². The lowest BCUT2D eigenvalue weighted by atomic mass is 9.90. The number of pyridine rings is 1. The number of ketones is 1. The molecule has 6 aliphatic rings. The topological polar surface area (TPSA) is 238 Å². The van der Waals surface area contributed by atoms with Crippen molar-refractivity contribution in [1.82, 2.24) is 19.9 Å².